The van der Waals surface area contributed by atoms with E-state index in [9.17, 15) is 14.3 Å². The molecule has 2 aromatic carbocycles. The van der Waals surface area contributed by atoms with Gasteiger partial charge in [-0.1, -0.05) is 11.6 Å². The molecule has 3 rings (SSSR count). The molecule has 4 nitrogen and oxygen atoms in total. The van der Waals surface area contributed by atoms with Gasteiger partial charge in [-0.3, -0.25) is 4.79 Å². The summed E-state index contributed by atoms with van der Waals surface area (Å²) in [7, 11) is 0. The number of nitrogens with one attached hydrogen (secondary N) is 1. The highest BCUT2D eigenvalue weighted by molar-refractivity contribution is 8.18. The Bertz CT molecular complexity index is 834. The summed E-state index contributed by atoms with van der Waals surface area (Å²) in [6.45, 7) is 0. The molecule has 23 heavy (non-hydrogen) atoms. The van der Waals surface area contributed by atoms with E-state index in [-0.39, 0.29) is 17.5 Å². The molecule has 0 aromatic heterocycles. The molecule has 0 aliphatic carbocycles. The molecule has 0 unspecified atom stereocenters. The largest absolute Gasteiger partial charge is 0.507 e. The zero-order chi connectivity index (χ0) is 16.4. The lowest BCUT2D eigenvalue weighted by atomic mass is 10.2. The maximum absolute atomic E-state index is 12.9. The Morgan fingerprint density at radius 1 is 1.22 bits per heavy atom. The number of aliphatic imine (C=N–C) groups is 1. The van der Waals surface area contributed by atoms with Gasteiger partial charge in [0, 0.05) is 10.6 Å². The first-order valence-corrected chi connectivity index (χ1v) is 7.74. The van der Waals surface area contributed by atoms with Crippen LogP contribution in [0.25, 0.3) is 6.08 Å². The van der Waals surface area contributed by atoms with Crippen LogP contribution in [0.3, 0.4) is 0 Å². The van der Waals surface area contributed by atoms with E-state index < -0.39 is 0 Å². The lowest BCUT2D eigenvalue weighted by molar-refractivity contribution is -0.115. The van der Waals surface area contributed by atoms with Gasteiger partial charge in [-0.2, -0.15) is 0 Å². The number of carbonyl (C=O) groups excluding carboxylic acids is 1. The summed E-state index contributed by atoms with van der Waals surface area (Å²) >= 11 is 7.02. The molecule has 7 heteroatoms. The fraction of sp³-hybridized carbons (Fsp3) is 0. The molecule has 1 amide bonds. The van der Waals surface area contributed by atoms with Crippen LogP contribution in [-0.2, 0) is 4.79 Å². The number of halogens is 2. The maximum Gasteiger partial charge on any atom is 0.264 e. The zero-order valence-electron chi connectivity index (χ0n) is 11.6. The summed E-state index contributed by atoms with van der Waals surface area (Å²) in [5.74, 6) is -0.650. The summed E-state index contributed by atoms with van der Waals surface area (Å²) in [6.07, 6.45) is 1.54. The number of aromatic hydroxyl groups is 1. The Kier molecular flexibility index (Phi) is 4.36. The summed E-state index contributed by atoms with van der Waals surface area (Å²) < 4.78 is 12.9. The fourth-order valence-corrected chi connectivity index (χ4v) is 2.91. The topological polar surface area (TPSA) is 61.7 Å². The zero-order valence-corrected chi connectivity index (χ0v) is 13.2. The highest BCUT2D eigenvalue weighted by atomic mass is 35.5. The molecule has 1 heterocycles. The van der Waals surface area contributed by atoms with Gasteiger partial charge in [-0.25, -0.2) is 9.38 Å². The Morgan fingerprint density at radius 2 is 1.96 bits per heavy atom. The molecule has 2 aromatic rings. The number of hydrogen-bond acceptors (Lipinski definition) is 4. The predicted molar refractivity (Wildman–Crippen MR) is 90.3 cm³/mol. The molecule has 0 bridgehead atoms. The third kappa shape index (κ3) is 3.72. The quantitative estimate of drug-likeness (QED) is 0.804. The number of hydrogen-bond donors (Lipinski definition) is 2. The van der Waals surface area contributed by atoms with Gasteiger partial charge in [0.05, 0.1) is 10.6 Å². The molecule has 0 radical (unpaired) electrons. The first-order valence-electron chi connectivity index (χ1n) is 6.55. The van der Waals surface area contributed by atoms with Crippen molar-refractivity contribution in [3.8, 4) is 5.75 Å². The second-order valence-corrected chi connectivity index (χ2v) is 6.13. The number of thioether (sulfide) groups is 1. The van der Waals surface area contributed by atoms with Crippen LogP contribution < -0.4 is 5.32 Å². The van der Waals surface area contributed by atoms with Gasteiger partial charge in [-0.05, 0) is 60.3 Å². The monoisotopic (exact) mass is 348 g/mol. The lowest BCUT2D eigenvalue weighted by Gasteiger charge is -2.00. The van der Waals surface area contributed by atoms with E-state index in [1.54, 1.807) is 12.1 Å². The molecule has 1 saturated heterocycles. The van der Waals surface area contributed by atoms with Gasteiger partial charge in [-0.15, -0.1) is 0 Å². The number of amides is 1. The van der Waals surface area contributed by atoms with E-state index in [2.05, 4.69) is 10.3 Å². The molecular formula is C16H10ClFN2O2S. The molecule has 2 N–H and O–H groups in total. The van der Waals surface area contributed by atoms with E-state index in [1.807, 2.05) is 0 Å². The van der Waals surface area contributed by atoms with Crippen LogP contribution in [0.15, 0.2) is 52.4 Å². The van der Waals surface area contributed by atoms with Crippen LogP contribution in [0.4, 0.5) is 10.1 Å². The number of amidine groups is 1. The van der Waals surface area contributed by atoms with E-state index in [0.717, 1.165) is 11.8 Å². The van der Waals surface area contributed by atoms with E-state index in [1.165, 1.54) is 36.4 Å². The summed E-state index contributed by atoms with van der Waals surface area (Å²) in [5, 5.41) is 13.3. The van der Waals surface area contributed by atoms with Crippen molar-refractivity contribution >= 4 is 46.2 Å². The molecule has 116 valence electrons. The van der Waals surface area contributed by atoms with Crippen LogP contribution >= 0.6 is 23.4 Å². The number of rotatable bonds is 2. The third-order valence-electron chi connectivity index (χ3n) is 2.98. The van der Waals surface area contributed by atoms with Crippen LogP contribution in [0.5, 0.6) is 5.75 Å². The van der Waals surface area contributed by atoms with Crippen LogP contribution in [-0.4, -0.2) is 16.2 Å². The van der Waals surface area contributed by atoms with Crippen molar-refractivity contribution in [3.63, 3.8) is 0 Å². The van der Waals surface area contributed by atoms with Gasteiger partial charge in [0.15, 0.2) is 5.17 Å². The minimum absolute atomic E-state index is 0.0271. The van der Waals surface area contributed by atoms with E-state index in [4.69, 9.17) is 11.6 Å². The summed E-state index contributed by atoms with van der Waals surface area (Å²) in [4.78, 5) is 16.6. The van der Waals surface area contributed by atoms with Gasteiger partial charge < -0.3 is 10.4 Å². The molecule has 1 fully saturated rings. The number of phenols is 1. The minimum Gasteiger partial charge on any atom is -0.507 e. The highest BCUT2D eigenvalue weighted by Gasteiger charge is 2.24. The van der Waals surface area contributed by atoms with Crippen LogP contribution in [0, 0.1) is 5.82 Å². The molecule has 1 aliphatic rings. The van der Waals surface area contributed by atoms with Crippen molar-refractivity contribution in [3.05, 3.63) is 63.8 Å². The van der Waals surface area contributed by atoms with E-state index >= 15 is 0 Å². The number of benzene rings is 2. The van der Waals surface area contributed by atoms with Crippen molar-refractivity contribution in [2.24, 2.45) is 4.99 Å². The van der Waals surface area contributed by atoms with Gasteiger partial charge >= 0.3 is 0 Å². The first kappa shape index (κ1) is 15.6. The van der Waals surface area contributed by atoms with Crippen molar-refractivity contribution < 1.29 is 14.3 Å². The maximum atomic E-state index is 12.9. The van der Waals surface area contributed by atoms with Crippen molar-refractivity contribution in [2.45, 2.75) is 0 Å². The highest BCUT2D eigenvalue weighted by Crippen LogP contribution is 2.31. The van der Waals surface area contributed by atoms with Crippen molar-refractivity contribution in [1.82, 2.24) is 5.32 Å². The fourth-order valence-electron chi connectivity index (χ4n) is 1.90. The molecule has 1 aliphatic heterocycles. The second-order valence-electron chi connectivity index (χ2n) is 4.66. The Balaban J connectivity index is 1.86. The standard InChI is InChI=1S/C16H10ClFN2O2S/c17-10-1-6-13(21)9(7-10)8-14-15(22)20-16(23-14)19-12-4-2-11(18)3-5-12/h1-8,21H,(H,19,20,22). The van der Waals surface area contributed by atoms with Crippen LogP contribution in [0.1, 0.15) is 5.56 Å². The predicted octanol–water partition coefficient (Wildman–Crippen LogP) is 4.08. The lowest BCUT2D eigenvalue weighted by Crippen LogP contribution is -2.19. The molecule has 0 spiro atoms. The minimum atomic E-state index is -0.353. The van der Waals surface area contributed by atoms with E-state index in [0.29, 0.717) is 26.3 Å². The normalized spacial score (nSPS) is 17.7. The number of phenolic OH excluding ortho intramolecular Hbond substituents is 1. The summed E-state index contributed by atoms with van der Waals surface area (Å²) in [6, 6.07) is 10.2. The number of carbonyl (C=O) groups is 1. The molecule has 0 saturated carbocycles. The second kappa shape index (κ2) is 6.44. The SMILES string of the molecule is O=C1NC(=Nc2ccc(F)cc2)SC1=Cc1cc(Cl)ccc1O. The summed E-state index contributed by atoms with van der Waals surface area (Å²) in [5.41, 5.74) is 0.972. The average molecular weight is 349 g/mol. The van der Waals surface area contributed by atoms with Crippen molar-refractivity contribution in [1.29, 1.82) is 0 Å². The first-order chi connectivity index (χ1) is 11.0. The molecular weight excluding hydrogens is 339 g/mol. The Labute approximate surface area is 140 Å². The number of nitrogens with zero attached hydrogens (tertiary/aromatic N) is 1. The third-order valence-corrected chi connectivity index (χ3v) is 4.13. The van der Waals surface area contributed by atoms with Crippen molar-refractivity contribution in [2.75, 3.05) is 0 Å². The molecule has 0 atom stereocenters. The van der Waals surface area contributed by atoms with Crippen LogP contribution in [0.2, 0.25) is 5.02 Å². The van der Waals surface area contributed by atoms with Gasteiger partial charge in [0.2, 0.25) is 0 Å². The Morgan fingerprint density at radius 3 is 2.70 bits per heavy atom. The average Bonchev–Trinajstić information content (AvgIpc) is 2.85. The van der Waals surface area contributed by atoms with Gasteiger partial charge in [0.1, 0.15) is 11.6 Å². The Hall–Kier alpha value is -2.31. The smallest absolute Gasteiger partial charge is 0.264 e. The van der Waals surface area contributed by atoms with Gasteiger partial charge in [0.25, 0.3) is 5.91 Å².